The van der Waals surface area contributed by atoms with E-state index in [-0.39, 0.29) is 11.5 Å². The summed E-state index contributed by atoms with van der Waals surface area (Å²) in [6.07, 6.45) is 5.29. The number of hydrogen-bond donors (Lipinski definition) is 0. The fraction of sp³-hybridized carbons (Fsp3) is 0.333. The van der Waals surface area contributed by atoms with Crippen LogP contribution in [0.2, 0.25) is 0 Å². The molecule has 6 nitrogen and oxygen atoms in total. The van der Waals surface area contributed by atoms with Crippen LogP contribution in [0.3, 0.4) is 0 Å². The number of anilines is 1. The van der Waals surface area contributed by atoms with Gasteiger partial charge in [0.2, 0.25) is 0 Å². The molecule has 1 aromatic carbocycles. The third-order valence-electron chi connectivity index (χ3n) is 6.53. The van der Waals surface area contributed by atoms with E-state index in [9.17, 15) is 9.59 Å². The third-order valence-corrected chi connectivity index (χ3v) is 7.91. The molecule has 8 heteroatoms. The Morgan fingerprint density at radius 2 is 1.77 bits per heavy atom. The van der Waals surface area contributed by atoms with Crippen molar-refractivity contribution >= 4 is 51.7 Å². The zero-order valence-corrected chi connectivity index (χ0v) is 21.5. The van der Waals surface area contributed by atoms with E-state index in [4.69, 9.17) is 17.2 Å². The van der Waals surface area contributed by atoms with E-state index >= 15 is 0 Å². The van der Waals surface area contributed by atoms with Gasteiger partial charge in [-0.1, -0.05) is 74.2 Å². The lowest BCUT2D eigenvalue weighted by atomic mass is 9.91. The van der Waals surface area contributed by atoms with Crippen LogP contribution in [-0.4, -0.2) is 44.1 Å². The van der Waals surface area contributed by atoms with Gasteiger partial charge in [0.1, 0.15) is 15.8 Å². The molecule has 180 valence electrons. The summed E-state index contributed by atoms with van der Waals surface area (Å²) in [5.74, 6) is 1.49. The molecule has 2 atom stereocenters. The number of thioether (sulfide) groups is 1. The van der Waals surface area contributed by atoms with Crippen LogP contribution in [0.1, 0.15) is 31.4 Å². The highest BCUT2D eigenvalue weighted by atomic mass is 32.2. The minimum atomic E-state index is -0.175. The van der Waals surface area contributed by atoms with Crippen molar-refractivity contribution in [3.05, 3.63) is 81.1 Å². The number of piperidine rings is 1. The average molecular weight is 505 g/mol. The molecule has 2 saturated heterocycles. The second-order valence-corrected chi connectivity index (χ2v) is 11.2. The lowest BCUT2D eigenvalue weighted by Gasteiger charge is -2.36. The number of benzene rings is 1. The van der Waals surface area contributed by atoms with Crippen molar-refractivity contribution in [1.29, 1.82) is 0 Å². The van der Waals surface area contributed by atoms with Crippen LogP contribution in [0.25, 0.3) is 11.7 Å². The van der Waals surface area contributed by atoms with Gasteiger partial charge in [-0.2, -0.15) is 0 Å². The summed E-state index contributed by atoms with van der Waals surface area (Å²) < 4.78 is 2.07. The van der Waals surface area contributed by atoms with Gasteiger partial charge in [0.15, 0.2) is 0 Å². The quantitative estimate of drug-likeness (QED) is 0.373. The average Bonchev–Trinajstić information content (AvgIpc) is 3.11. The zero-order chi connectivity index (χ0) is 24.5. The van der Waals surface area contributed by atoms with Crippen LogP contribution in [0.4, 0.5) is 5.82 Å². The molecule has 2 aromatic heterocycles. The lowest BCUT2D eigenvalue weighted by Crippen LogP contribution is -2.40. The minimum Gasteiger partial charge on any atom is -0.355 e. The summed E-state index contributed by atoms with van der Waals surface area (Å²) in [6.45, 7) is 6.63. The van der Waals surface area contributed by atoms with Crippen molar-refractivity contribution in [1.82, 2.24) is 14.3 Å². The number of aromatic nitrogens is 2. The fourth-order valence-corrected chi connectivity index (χ4v) is 6.29. The van der Waals surface area contributed by atoms with E-state index in [1.165, 1.54) is 11.8 Å². The Morgan fingerprint density at radius 1 is 1.06 bits per heavy atom. The third kappa shape index (κ3) is 4.90. The molecule has 0 radical (unpaired) electrons. The van der Waals surface area contributed by atoms with Gasteiger partial charge in [-0.15, -0.1) is 0 Å². The zero-order valence-electron chi connectivity index (χ0n) is 19.9. The Labute approximate surface area is 214 Å². The maximum atomic E-state index is 13.6. The van der Waals surface area contributed by atoms with Crippen LogP contribution in [-0.2, 0) is 11.2 Å². The maximum absolute atomic E-state index is 13.6. The Bertz CT molecular complexity index is 1360. The van der Waals surface area contributed by atoms with Crippen LogP contribution in [0.15, 0.2) is 64.4 Å². The fourth-order valence-electron chi connectivity index (χ4n) is 5.00. The van der Waals surface area contributed by atoms with E-state index in [2.05, 4.69) is 18.7 Å². The number of carbonyl (C=O) groups excluding carboxylic acids is 1. The Kier molecular flexibility index (Phi) is 6.75. The Balaban J connectivity index is 1.51. The smallest absolute Gasteiger partial charge is 0.267 e. The second-order valence-electron chi connectivity index (χ2n) is 9.50. The highest BCUT2D eigenvalue weighted by molar-refractivity contribution is 8.26. The molecule has 0 spiro atoms. The highest BCUT2D eigenvalue weighted by Crippen LogP contribution is 2.34. The molecule has 3 aromatic rings. The molecule has 35 heavy (non-hydrogen) atoms. The van der Waals surface area contributed by atoms with Gasteiger partial charge < -0.3 is 4.90 Å². The van der Waals surface area contributed by atoms with Gasteiger partial charge in [-0.05, 0) is 48.4 Å². The van der Waals surface area contributed by atoms with E-state index in [1.54, 1.807) is 21.6 Å². The van der Waals surface area contributed by atoms with Gasteiger partial charge in [-0.3, -0.25) is 18.9 Å². The maximum Gasteiger partial charge on any atom is 0.267 e. The van der Waals surface area contributed by atoms with Gasteiger partial charge >= 0.3 is 0 Å². The van der Waals surface area contributed by atoms with Crippen molar-refractivity contribution in [3.63, 3.8) is 0 Å². The Hall–Kier alpha value is -2.97. The van der Waals surface area contributed by atoms with E-state index < -0.39 is 0 Å². The minimum absolute atomic E-state index is 0.153. The highest BCUT2D eigenvalue weighted by Gasteiger charge is 2.33. The SMILES string of the molecule is CC1CC(C)CN(c2nc3ccccn3c(=O)c2/C=C2/SC(=S)N(CCc3ccccc3)C2=O)C1. The number of carbonyl (C=O) groups is 1. The van der Waals surface area contributed by atoms with Crippen molar-refractivity contribution in [2.75, 3.05) is 24.5 Å². The number of amides is 1. The monoisotopic (exact) mass is 504 g/mol. The number of pyridine rings is 1. The van der Waals surface area contributed by atoms with Crippen molar-refractivity contribution in [3.8, 4) is 0 Å². The van der Waals surface area contributed by atoms with E-state index in [0.717, 1.165) is 31.5 Å². The van der Waals surface area contributed by atoms with Gasteiger partial charge in [0, 0.05) is 25.8 Å². The number of rotatable bonds is 5. The second kappa shape index (κ2) is 9.95. The normalized spacial score (nSPS) is 21.9. The summed E-state index contributed by atoms with van der Waals surface area (Å²) in [7, 11) is 0. The molecule has 0 aliphatic carbocycles. The lowest BCUT2D eigenvalue weighted by molar-refractivity contribution is -0.122. The first-order valence-electron chi connectivity index (χ1n) is 12.0. The van der Waals surface area contributed by atoms with Crippen LogP contribution >= 0.6 is 24.0 Å². The first-order valence-corrected chi connectivity index (χ1v) is 13.2. The molecule has 0 saturated carbocycles. The largest absolute Gasteiger partial charge is 0.355 e. The van der Waals surface area contributed by atoms with Gasteiger partial charge in [0.05, 0.1) is 10.5 Å². The van der Waals surface area contributed by atoms with Crippen LogP contribution in [0, 0.1) is 11.8 Å². The molecular formula is C27H28N4O2S2. The number of fused-ring (bicyclic) bond motifs is 1. The molecule has 1 amide bonds. The number of thiocarbonyl (C=S) groups is 1. The predicted octanol–water partition coefficient (Wildman–Crippen LogP) is 4.62. The molecular weight excluding hydrogens is 476 g/mol. The molecule has 0 N–H and O–H groups in total. The molecule has 2 unspecified atom stereocenters. The van der Waals surface area contributed by atoms with Crippen LogP contribution in [0.5, 0.6) is 0 Å². The van der Waals surface area contributed by atoms with E-state index in [0.29, 0.717) is 44.6 Å². The number of nitrogens with zero attached hydrogens (tertiary/aromatic N) is 4. The van der Waals surface area contributed by atoms with Crippen molar-refractivity contribution in [2.24, 2.45) is 11.8 Å². The van der Waals surface area contributed by atoms with Crippen molar-refractivity contribution < 1.29 is 4.79 Å². The van der Waals surface area contributed by atoms with E-state index in [1.807, 2.05) is 48.5 Å². The number of hydrogen-bond acceptors (Lipinski definition) is 6. The standard InChI is InChI=1S/C27H28N4O2S2/c1-18-14-19(2)17-29(16-18)24-21(25(32)30-12-7-6-10-23(30)28-24)15-22-26(33)31(27(34)35-22)13-11-20-8-4-3-5-9-20/h3-10,12,15,18-19H,11,13-14,16-17H2,1-2H3/b22-15+. The Morgan fingerprint density at radius 3 is 2.51 bits per heavy atom. The molecule has 4 heterocycles. The summed E-state index contributed by atoms with van der Waals surface area (Å²) in [6, 6.07) is 15.6. The summed E-state index contributed by atoms with van der Waals surface area (Å²) in [4.78, 5) is 36.1. The van der Waals surface area contributed by atoms with Crippen molar-refractivity contribution in [2.45, 2.75) is 26.7 Å². The van der Waals surface area contributed by atoms with Crippen LogP contribution < -0.4 is 10.5 Å². The molecule has 5 rings (SSSR count). The topological polar surface area (TPSA) is 57.9 Å². The summed E-state index contributed by atoms with van der Waals surface area (Å²) in [5, 5.41) is 0. The molecule has 2 aliphatic heterocycles. The first kappa shape index (κ1) is 23.8. The van der Waals surface area contributed by atoms with Gasteiger partial charge in [0.25, 0.3) is 11.5 Å². The predicted molar refractivity (Wildman–Crippen MR) is 147 cm³/mol. The molecule has 2 aliphatic rings. The summed E-state index contributed by atoms with van der Waals surface area (Å²) in [5.41, 5.74) is 2.02. The van der Waals surface area contributed by atoms with Gasteiger partial charge in [-0.25, -0.2) is 4.98 Å². The first-order chi connectivity index (χ1) is 16.9. The molecule has 0 bridgehead atoms. The summed E-state index contributed by atoms with van der Waals surface area (Å²) >= 11 is 6.80. The molecule has 2 fully saturated rings.